The van der Waals surface area contributed by atoms with Crippen molar-refractivity contribution in [1.29, 1.82) is 0 Å². The molecule has 2 heterocycles. The molecule has 7 nitrogen and oxygen atoms in total. The van der Waals surface area contributed by atoms with E-state index in [0.29, 0.717) is 11.4 Å². The Labute approximate surface area is 132 Å². The van der Waals surface area contributed by atoms with Crippen LogP contribution in [0.4, 0.5) is 15.0 Å². The van der Waals surface area contributed by atoms with Crippen LogP contribution in [0.1, 0.15) is 19.5 Å². The number of hydrogen-bond donors (Lipinski definition) is 1. The maximum absolute atomic E-state index is 13.0. The Bertz CT molecular complexity index is 769. The number of amides is 3. The van der Waals surface area contributed by atoms with Gasteiger partial charge in [0.2, 0.25) is 0 Å². The van der Waals surface area contributed by atoms with Crippen LogP contribution >= 0.6 is 0 Å². The molecule has 0 radical (unpaired) electrons. The molecule has 0 spiro atoms. The van der Waals surface area contributed by atoms with Gasteiger partial charge in [-0.1, -0.05) is 19.1 Å². The first kappa shape index (κ1) is 15.1. The van der Waals surface area contributed by atoms with Crippen molar-refractivity contribution in [3.05, 3.63) is 35.8 Å². The fourth-order valence-electron chi connectivity index (χ4n) is 2.51. The molecule has 3 rings (SSSR count). The van der Waals surface area contributed by atoms with Crippen molar-refractivity contribution in [1.82, 2.24) is 20.3 Å². The van der Waals surface area contributed by atoms with Gasteiger partial charge in [0, 0.05) is 0 Å². The molecule has 1 fully saturated rings. The number of carbonyl (C=O) groups is 2. The second-order valence-electron chi connectivity index (χ2n) is 5.73. The van der Waals surface area contributed by atoms with Crippen LogP contribution in [-0.4, -0.2) is 33.0 Å². The average Bonchev–Trinajstić information content (AvgIpc) is 3.00. The van der Waals surface area contributed by atoms with Gasteiger partial charge in [0.15, 0.2) is 5.82 Å². The molecule has 1 saturated heterocycles. The molecule has 120 valence electrons. The largest absolute Gasteiger partial charge is 0.330 e. The molecule has 1 N–H and O–H groups in total. The number of anilines is 1. The summed E-state index contributed by atoms with van der Waals surface area (Å²) in [6, 6.07) is 4.62. The van der Waals surface area contributed by atoms with Crippen LogP contribution in [0.25, 0.3) is 5.69 Å². The third-order valence-electron chi connectivity index (χ3n) is 3.79. The molecular weight excluding hydrogens is 301 g/mol. The van der Waals surface area contributed by atoms with E-state index >= 15 is 0 Å². The van der Waals surface area contributed by atoms with E-state index in [-0.39, 0.29) is 23.5 Å². The standard InChI is InChI=1S/C15H16FN5O2/c1-8(2)12-14(22)20(15(23)17-12)13-9(3)21(19-18-13)11-6-4-10(16)5-7-11/h4-8,12H,1-3H3,(H,17,23)/t12-/m1/s1. The lowest BCUT2D eigenvalue weighted by molar-refractivity contribution is -0.119. The summed E-state index contributed by atoms with van der Waals surface area (Å²) >= 11 is 0. The predicted molar refractivity (Wildman–Crippen MR) is 80.7 cm³/mol. The zero-order chi connectivity index (χ0) is 16.7. The summed E-state index contributed by atoms with van der Waals surface area (Å²) in [7, 11) is 0. The fraction of sp³-hybridized carbons (Fsp3) is 0.333. The second kappa shape index (κ2) is 5.45. The van der Waals surface area contributed by atoms with Crippen LogP contribution in [0.15, 0.2) is 24.3 Å². The lowest BCUT2D eigenvalue weighted by Gasteiger charge is -2.12. The minimum absolute atomic E-state index is 0.0242. The van der Waals surface area contributed by atoms with Crippen molar-refractivity contribution in [3.63, 3.8) is 0 Å². The molecule has 2 aromatic rings. The third-order valence-corrected chi connectivity index (χ3v) is 3.79. The zero-order valence-corrected chi connectivity index (χ0v) is 12.9. The Kier molecular flexibility index (Phi) is 3.59. The van der Waals surface area contributed by atoms with Crippen LogP contribution in [-0.2, 0) is 4.79 Å². The zero-order valence-electron chi connectivity index (χ0n) is 12.9. The summed E-state index contributed by atoms with van der Waals surface area (Å²) in [6.07, 6.45) is 0. The number of urea groups is 1. The van der Waals surface area contributed by atoms with Gasteiger partial charge in [-0.3, -0.25) is 4.79 Å². The number of rotatable bonds is 3. The Morgan fingerprint density at radius 2 is 1.87 bits per heavy atom. The van der Waals surface area contributed by atoms with Crippen LogP contribution in [0.5, 0.6) is 0 Å². The highest BCUT2D eigenvalue weighted by molar-refractivity contribution is 6.21. The van der Waals surface area contributed by atoms with Crippen LogP contribution in [0.3, 0.4) is 0 Å². The van der Waals surface area contributed by atoms with E-state index in [2.05, 4.69) is 15.6 Å². The first-order chi connectivity index (χ1) is 10.9. The van der Waals surface area contributed by atoms with Gasteiger partial charge in [0.25, 0.3) is 5.91 Å². The smallest absolute Gasteiger partial charge is 0.325 e. The van der Waals surface area contributed by atoms with Crippen LogP contribution in [0.2, 0.25) is 0 Å². The molecule has 8 heteroatoms. The van der Waals surface area contributed by atoms with E-state index in [4.69, 9.17) is 0 Å². The molecule has 1 aromatic heterocycles. The van der Waals surface area contributed by atoms with Crippen molar-refractivity contribution in [2.24, 2.45) is 5.92 Å². The minimum Gasteiger partial charge on any atom is -0.325 e. The minimum atomic E-state index is -0.571. The first-order valence-electron chi connectivity index (χ1n) is 7.23. The van der Waals surface area contributed by atoms with E-state index in [0.717, 1.165) is 4.90 Å². The highest BCUT2D eigenvalue weighted by atomic mass is 19.1. The Morgan fingerprint density at radius 1 is 1.22 bits per heavy atom. The monoisotopic (exact) mass is 317 g/mol. The van der Waals surface area contributed by atoms with Gasteiger partial charge in [-0.05, 0) is 37.1 Å². The molecular formula is C15H16FN5O2. The van der Waals surface area contributed by atoms with Gasteiger partial charge in [0.05, 0.1) is 11.4 Å². The lowest BCUT2D eigenvalue weighted by atomic mass is 10.1. The number of aromatic nitrogens is 3. The van der Waals surface area contributed by atoms with E-state index < -0.39 is 12.1 Å². The van der Waals surface area contributed by atoms with Crippen LogP contribution < -0.4 is 10.2 Å². The molecule has 3 amide bonds. The van der Waals surface area contributed by atoms with Crippen molar-refractivity contribution in [3.8, 4) is 5.69 Å². The summed E-state index contributed by atoms with van der Waals surface area (Å²) in [6.45, 7) is 5.41. The van der Waals surface area contributed by atoms with Gasteiger partial charge in [-0.25, -0.2) is 18.8 Å². The molecule has 1 atom stereocenters. The molecule has 0 aliphatic carbocycles. The summed E-state index contributed by atoms with van der Waals surface area (Å²) < 4.78 is 14.5. The van der Waals surface area contributed by atoms with Crippen LogP contribution in [0, 0.1) is 18.7 Å². The van der Waals surface area contributed by atoms with Gasteiger partial charge in [0.1, 0.15) is 11.9 Å². The van der Waals surface area contributed by atoms with Crippen molar-refractivity contribution in [2.75, 3.05) is 4.90 Å². The topological polar surface area (TPSA) is 80.1 Å². The molecule has 0 bridgehead atoms. The van der Waals surface area contributed by atoms with Crippen molar-refractivity contribution in [2.45, 2.75) is 26.8 Å². The molecule has 23 heavy (non-hydrogen) atoms. The normalized spacial score (nSPS) is 18.0. The molecule has 1 aromatic carbocycles. The van der Waals surface area contributed by atoms with Gasteiger partial charge in [-0.2, -0.15) is 0 Å². The SMILES string of the molecule is Cc1c(N2C(=O)N[C@H](C(C)C)C2=O)nnn1-c1ccc(F)cc1. The van der Waals surface area contributed by atoms with Gasteiger partial charge in [-0.15, -0.1) is 5.10 Å². The number of nitrogens with one attached hydrogen (secondary N) is 1. The maximum Gasteiger partial charge on any atom is 0.330 e. The number of nitrogens with zero attached hydrogens (tertiary/aromatic N) is 4. The number of carbonyl (C=O) groups excluding carboxylic acids is 2. The fourth-order valence-corrected chi connectivity index (χ4v) is 2.51. The summed E-state index contributed by atoms with van der Waals surface area (Å²) in [5.74, 6) is -0.552. The summed E-state index contributed by atoms with van der Waals surface area (Å²) in [5.41, 5.74) is 1.11. The quantitative estimate of drug-likeness (QED) is 0.875. The number of halogens is 1. The number of hydrogen-bond acceptors (Lipinski definition) is 4. The van der Waals surface area contributed by atoms with E-state index in [1.807, 2.05) is 13.8 Å². The highest BCUT2D eigenvalue weighted by Crippen LogP contribution is 2.24. The number of benzene rings is 1. The lowest BCUT2D eigenvalue weighted by Crippen LogP contribution is -2.35. The second-order valence-corrected chi connectivity index (χ2v) is 5.73. The molecule has 1 aliphatic heterocycles. The molecule has 0 saturated carbocycles. The van der Waals surface area contributed by atoms with E-state index in [1.54, 1.807) is 19.1 Å². The summed E-state index contributed by atoms with van der Waals surface area (Å²) in [5, 5.41) is 10.6. The number of imide groups is 1. The molecule has 1 aliphatic rings. The Hall–Kier alpha value is -2.77. The summed E-state index contributed by atoms with van der Waals surface area (Å²) in [4.78, 5) is 25.5. The highest BCUT2D eigenvalue weighted by Gasteiger charge is 2.42. The predicted octanol–water partition coefficient (Wildman–Crippen LogP) is 1.80. The van der Waals surface area contributed by atoms with Gasteiger partial charge >= 0.3 is 6.03 Å². The average molecular weight is 317 g/mol. The Morgan fingerprint density at radius 3 is 2.43 bits per heavy atom. The first-order valence-corrected chi connectivity index (χ1v) is 7.23. The van der Waals surface area contributed by atoms with Crippen molar-refractivity contribution < 1.29 is 14.0 Å². The van der Waals surface area contributed by atoms with Crippen molar-refractivity contribution >= 4 is 17.8 Å². The van der Waals surface area contributed by atoms with E-state index in [9.17, 15) is 14.0 Å². The molecule has 0 unspecified atom stereocenters. The van der Waals surface area contributed by atoms with E-state index in [1.165, 1.54) is 16.8 Å². The Balaban J connectivity index is 1.98. The maximum atomic E-state index is 13.0. The van der Waals surface area contributed by atoms with Gasteiger partial charge < -0.3 is 5.32 Å². The third kappa shape index (κ3) is 2.45.